The van der Waals surface area contributed by atoms with Crippen LogP contribution < -0.4 is 27.2 Å². The van der Waals surface area contributed by atoms with E-state index in [1.807, 2.05) is 0 Å². The van der Waals surface area contributed by atoms with Gasteiger partial charge >= 0.3 is 23.8 Å². The number of carboxylic acid groups (broad SMARTS) is 2. The van der Waals surface area contributed by atoms with Crippen LogP contribution >= 0.6 is 0 Å². The molecule has 382 valence electrons. The number of rotatable bonds is 26. The van der Waals surface area contributed by atoms with E-state index in [0.717, 1.165) is 33.8 Å². The van der Waals surface area contributed by atoms with Gasteiger partial charge in [0.1, 0.15) is 23.2 Å². The van der Waals surface area contributed by atoms with E-state index in [0.29, 0.717) is 36.6 Å². The van der Waals surface area contributed by atoms with Crippen molar-refractivity contribution in [3.8, 4) is 11.1 Å². The zero-order chi connectivity index (χ0) is 52.1. The Balaban J connectivity index is 0.00000171. The van der Waals surface area contributed by atoms with E-state index in [-0.39, 0.29) is 89.0 Å². The summed E-state index contributed by atoms with van der Waals surface area (Å²) in [5, 5.41) is 24.2. The van der Waals surface area contributed by atoms with Crippen molar-refractivity contribution in [3.05, 3.63) is 103 Å². The van der Waals surface area contributed by atoms with Gasteiger partial charge in [-0.25, -0.2) is 23.2 Å². The van der Waals surface area contributed by atoms with Gasteiger partial charge in [0.25, 0.3) is 23.3 Å². The molecule has 5 amide bonds. The molecule has 1 aromatic heterocycles. The Labute approximate surface area is 395 Å². The lowest BCUT2D eigenvalue weighted by molar-refractivity contribution is -0.192. The lowest BCUT2D eigenvalue weighted by atomic mass is 10.00. The fourth-order valence-corrected chi connectivity index (χ4v) is 6.13. The van der Waals surface area contributed by atoms with Gasteiger partial charge in [-0.3, -0.25) is 38.2 Å². The Morgan fingerprint density at radius 2 is 1.20 bits per heavy atom. The SMILES string of the molecule is Cc1c(-c2ccc(C[C@H](NC(=O)c3c(F)cc(CNC(=O)CCOCCOCCOCCOCCNC(=O)CCN4C(=O)C=CC4=O)cc3F)C(=O)O)cc2)c(=O)n(C)c(=O)n1C.O=C(O)C(F)(F)F. The van der Waals surface area contributed by atoms with E-state index < -0.39 is 76.2 Å². The Morgan fingerprint density at radius 1 is 0.700 bits per heavy atom. The summed E-state index contributed by atoms with van der Waals surface area (Å²) in [5.74, 6) is -9.68. The van der Waals surface area contributed by atoms with Gasteiger partial charge < -0.3 is 49.7 Å². The topological polar surface area (TPSA) is 280 Å². The molecule has 0 spiro atoms. The number of carbonyl (C=O) groups is 7. The zero-order valence-electron chi connectivity index (χ0n) is 38.0. The largest absolute Gasteiger partial charge is 0.490 e. The zero-order valence-corrected chi connectivity index (χ0v) is 38.0. The molecule has 0 fully saturated rings. The van der Waals surface area contributed by atoms with Gasteiger partial charge in [-0.05, 0) is 35.7 Å². The molecule has 1 aliphatic rings. The van der Waals surface area contributed by atoms with Gasteiger partial charge in [-0.1, -0.05) is 24.3 Å². The van der Waals surface area contributed by atoms with Gasteiger partial charge in [0.15, 0.2) is 0 Å². The first-order chi connectivity index (χ1) is 33.0. The molecule has 0 unspecified atom stereocenters. The van der Waals surface area contributed by atoms with Crippen LogP contribution in [0.25, 0.3) is 11.1 Å². The number of amides is 5. The second-order valence-corrected chi connectivity index (χ2v) is 14.9. The summed E-state index contributed by atoms with van der Waals surface area (Å²) < 4.78 is 85.6. The van der Waals surface area contributed by atoms with E-state index >= 15 is 8.78 Å². The highest BCUT2D eigenvalue weighted by molar-refractivity contribution is 6.13. The Hall–Kier alpha value is -7.16. The third kappa shape index (κ3) is 18.1. The van der Waals surface area contributed by atoms with Crippen molar-refractivity contribution < 1.29 is 84.7 Å². The van der Waals surface area contributed by atoms with Crippen molar-refractivity contribution in [1.29, 1.82) is 0 Å². The number of aliphatic carboxylic acids is 2. The number of hydrogen-bond donors (Lipinski definition) is 5. The van der Waals surface area contributed by atoms with Gasteiger partial charge in [0.05, 0.1) is 58.4 Å². The number of nitrogens with one attached hydrogen (secondary N) is 3. The first-order valence-corrected chi connectivity index (χ1v) is 21.1. The first-order valence-electron chi connectivity index (χ1n) is 21.1. The minimum Gasteiger partial charge on any atom is -0.480 e. The molecule has 21 nitrogen and oxygen atoms in total. The highest BCUT2D eigenvalue weighted by Crippen LogP contribution is 2.21. The Morgan fingerprint density at radius 3 is 1.71 bits per heavy atom. The number of aromatic nitrogens is 2. The molecule has 0 saturated heterocycles. The predicted molar refractivity (Wildman–Crippen MR) is 233 cm³/mol. The quantitative estimate of drug-likeness (QED) is 0.0425. The van der Waals surface area contributed by atoms with Gasteiger partial charge in [0.2, 0.25) is 11.8 Å². The molecule has 0 aliphatic carbocycles. The number of hydrogen-bond acceptors (Lipinski definition) is 13. The minimum absolute atomic E-state index is 0.00310. The molecule has 2 aromatic carbocycles. The summed E-state index contributed by atoms with van der Waals surface area (Å²) >= 11 is 0. The molecule has 0 saturated carbocycles. The van der Waals surface area contributed by atoms with Crippen LogP contribution in [0.2, 0.25) is 0 Å². The van der Waals surface area contributed by atoms with Crippen LogP contribution in [0.5, 0.6) is 0 Å². The number of imide groups is 1. The number of nitrogens with zero attached hydrogens (tertiary/aromatic N) is 3. The Bertz CT molecular complexity index is 2470. The molecule has 1 atom stereocenters. The lowest BCUT2D eigenvalue weighted by Crippen LogP contribution is -2.43. The summed E-state index contributed by atoms with van der Waals surface area (Å²) in [6, 6.07) is 6.36. The predicted octanol–water partition coefficient (Wildman–Crippen LogP) is 0.901. The van der Waals surface area contributed by atoms with Crippen molar-refractivity contribution in [1.82, 2.24) is 30.0 Å². The van der Waals surface area contributed by atoms with Gasteiger partial charge in [-0.2, -0.15) is 13.2 Å². The molecule has 70 heavy (non-hydrogen) atoms. The van der Waals surface area contributed by atoms with Crippen LogP contribution in [-0.4, -0.2) is 144 Å². The maximum atomic E-state index is 15.0. The van der Waals surface area contributed by atoms with Crippen LogP contribution in [0, 0.1) is 18.6 Å². The molecular weight excluding hydrogens is 948 g/mol. The van der Waals surface area contributed by atoms with Crippen LogP contribution in [-0.2, 0) is 74.8 Å². The van der Waals surface area contributed by atoms with Crippen molar-refractivity contribution >= 4 is 41.5 Å². The smallest absolute Gasteiger partial charge is 0.480 e. The molecule has 26 heteroatoms. The van der Waals surface area contributed by atoms with E-state index in [2.05, 4.69) is 16.0 Å². The fraction of sp³-hybridized carbons (Fsp3) is 0.432. The number of carbonyl (C=O) groups excluding carboxylic acids is 5. The standard InChI is InChI=1S/C42H50F2N6O13.C2HF3O2/c1-26-37(40(56)49(3)42(59)48(26)2)29-6-4-27(5-7-29)24-32(41(57)58)47-39(55)38-30(43)22-28(23-31(38)44)25-46-34(52)11-14-60-16-18-62-20-21-63-19-17-61-15-12-45-33(51)10-13-50-35(53)8-9-36(50)54;3-2(4,5)1(6)7/h4-9,22-23,32H,10-21,24-25H2,1-3H3,(H,45,51)(H,46,52)(H,47,55)(H,57,58);(H,6,7)/t32-;/m0./s1. The van der Waals surface area contributed by atoms with E-state index in [9.17, 15) is 56.6 Å². The van der Waals surface area contributed by atoms with Crippen molar-refractivity contribution in [2.45, 2.75) is 44.9 Å². The molecule has 5 N–H and O–H groups in total. The maximum absolute atomic E-state index is 15.0. The van der Waals surface area contributed by atoms with Crippen molar-refractivity contribution in [3.63, 3.8) is 0 Å². The third-order valence-electron chi connectivity index (χ3n) is 9.93. The second-order valence-electron chi connectivity index (χ2n) is 14.9. The average Bonchev–Trinajstić information content (AvgIpc) is 3.62. The highest BCUT2D eigenvalue weighted by Gasteiger charge is 2.38. The fourth-order valence-electron chi connectivity index (χ4n) is 6.13. The second kappa shape index (κ2) is 27.7. The molecule has 2 heterocycles. The minimum atomic E-state index is -5.08. The van der Waals surface area contributed by atoms with Crippen molar-refractivity contribution in [2.24, 2.45) is 14.1 Å². The van der Waals surface area contributed by atoms with Gasteiger partial charge in [0, 0.05) is 70.8 Å². The van der Waals surface area contributed by atoms with Crippen LogP contribution in [0.4, 0.5) is 22.0 Å². The number of benzene rings is 2. The van der Waals surface area contributed by atoms with Crippen LogP contribution in [0.15, 0.2) is 58.1 Å². The van der Waals surface area contributed by atoms with E-state index in [4.69, 9.17) is 28.8 Å². The number of ether oxygens (including phenoxy) is 4. The summed E-state index contributed by atoms with van der Waals surface area (Å²) in [7, 11) is 2.88. The lowest BCUT2D eigenvalue weighted by Gasteiger charge is -2.16. The molecular formula is C44H51F5N6O15. The monoisotopic (exact) mass is 998 g/mol. The molecule has 0 bridgehead atoms. The molecule has 3 aromatic rings. The maximum Gasteiger partial charge on any atom is 0.490 e. The normalized spacial score (nSPS) is 12.6. The number of halogens is 5. The Kier molecular flexibility index (Phi) is 22.7. The number of alkyl halides is 3. The first kappa shape index (κ1) is 57.2. The summed E-state index contributed by atoms with van der Waals surface area (Å²) in [6.07, 6.45) is -3.08. The molecule has 0 radical (unpaired) electrons. The summed E-state index contributed by atoms with van der Waals surface area (Å²) in [6.45, 7) is 3.52. The summed E-state index contributed by atoms with van der Waals surface area (Å²) in [4.78, 5) is 107. The van der Waals surface area contributed by atoms with E-state index in [1.54, 1.807) is 31.2 Å². The number of carboxylic acids is 2. The van der Waals surface area contributed by atoms with E-state index in [1.165, 1.54) is 18.7 Å². The average molecular weight is 999 g/mol. The highest BCUT2D eigenvalue weighted by atomic mass is 19.4. The third-order valence-corrected chi connectivity index (χ3v) is 9.93. The molecule has 1 aliphatic heterocycles. The van der Waals surface area contributed by atoms with Gasteiger partial charge in [-0.15, -0.1) is 0 Å². The summed E-state index contributed by atoms with van der Waals surface area (Å²) in [5.41, 5.74) is -0.356. The van der Waals surface area contributed by atoms with Crippen molar-refractivity contribution in [2.75, 3.05) is 65.9 Å². The molecule has 4 rings (SSSR count). The van der Waals surface area contributed by atoms with Crippen LogP contribution in [0.3, 0.4) is 0 Å². The van der Waals surface area contributed by atoms with Crippen LogP contribution in [0.1, 0.15) is 40.0 Å².